The topological polar surface area (TPSA) is 56.1 Å². The monoisotopic (exact) mass is 345 g/mol. The van der Waals surface area contributed by atoms with Crippen LogP contribution in [0.15, 0.2) is 24.3 Å². The van der Waals surface area contributed by atoms with E-state index >= 15 is 0 Å². The van der Waals surface area contributed by atoms with Gasteiger partial charge in [0.25, 0.3) is 5.91 Å². The van der Waals surface area contributed by atoms with Gasteiger partial charge in [-0.3, -0.25) is 4.79 Å². The van der Waals surface area contributed by atoms with E-state index in [1.807, 2.05) is 35.5 Å². The van der Waals surface area contributed by atoms with Crippen LogP contribution in [-0.4, -0.2) is 22.3 Å². The number of nitrogens with one attached hydrogen (secondary N) is 1. The van der Waals surface area contributed by atoms with Gasteiger partial charge in [0.15, 0.2) is 0 Å². The molecule has 1 aromatic carbocycles. The van der Waals surface area contributed by atoms with Crippen LogP contribution in [0.5, 0.6) is 5.75 Å². The molecule has 1 aliphatic rings. The predicted octanol–water partition coefficient (Wildman–Crippen LogP) is 4.04. The van der Waals surface area contributed by atoms with Gasteiger partial charge < -0.3 is 10.1 Å². The molecule has 128 valence electrons. The lowest BCUT2D eigenvalue weighted by Crippen LogP contribution is -2.27. The second-order valence-electron chi connectivity index (χ2n) is 6.76. The van der Waals surface area contributed by atoms with E-state index < -0.39 is 0 Å². The summed E-state index contributed by atoms with van der Waals surface area (Å²) in [5, 5.41) is 7.78. The molecule has 5 nitrogen and oxygen atoms in total. The van der Waals surface area contributed by atoms with Gasteiger partial charge >= 0.3 is 0 Å². The number of carbonyl (C=O) groups excluding carboxylic acids is 1. The maximum Gasteiger partial charge on any atom is 0.256 e. The smallest absolute Gasteiger partial charge is 0.256 e. The number of fused-ring (bicyclic) bond motifs is 1. The molecule has 2 heterocycles. The van der Waals surface area contributed by atoms with Crippen LogP contribution in [0.1, 0.15) is 49.3 Å². The van der Waals surface area contributed by atoms with Gasteiger partial charge in [-0.05, 0) is 52.0 Å². The highest BCUT2D eigenvalue weighted by molar-refractivity contribution is 7.98. The molecule has 0 spiro atoms. The van der Waals surface area contributed by atoms with Crippen LogP contribution in [0, 0.1) is 0 Å². The van der Waals surface area contributed by atoms with Crippen molar-refractivity contribution in [3.05, 3.63) is 41.1 Å². The van der Waals surface area contributed by atoms with Crippen LogP contribution in [0.4, 0.5) is 5.82 Å². The zero-order valence-electron chi connectivity index (χ0n) is 14.5. The second kappa shape index (κ2) is 6.51. The first-order chi connectivity index (χ1) is 11.4. The van der Waals surface area contributed by atoms with Gasteiger partial charge in [0.05, 0.1) is 17.8 Å². The number of anilines is 1. The first-order valence-corrected chi connectivity index (χ1v) is 9.29. The largest absolute Gasteiger partial charge is 0.494 e. The maximum atomic E-state index is 12.7. The Bertz CT molecular complexity index is 745. The van der Waals surface area contributed by atoms with Gasteiger partial charge in [0, 0.05) is 22.6 Å². The van der Waals surface area contributed by atoms with E-state index in [0.29, 0.717) is 12.2 Å². The summed E-state index contributed by atoms with van der Waals surface area (Å²) in [6.45, 7) is 8.82. The molecule has 3 rings (SSSR count). The molecule has 24 heavy (non-hydrogen) atoms. The van der Waals surface area contributed by atoms with E-state index in [0.717, 1.165) is 34.3 Å². The minimum Gasteiger partial charge on any atom is -0.494 e. The Labute approximate surface area is 146 Å². The molecule has 1 aliphatic heterocycles. The van der Waals surface area contributed by atoms with E-state index in [2.05, 4.69) is 26.1 Å². The van der Waals surface area contributed by atoms with Gasteiger partial charge in [-0.1, -0.05) is 0 Å². The number of rotatable bonds is 4. The molecule has 0 atom stereocenters. The van der Waals surface area contributed by atoms with Crippen LogP contribution in [-0.2, 0) is 17.0 Å². The normalized spacial score (nSPS) is 13.7. The van der Waals surface area contributed by atoms with Crippen LogP contribution in [0.2, 0.25) is 0 Å². The van der Waals surface area contributed by atoms with Gasteiger partial charge in [-0.15, -0.1) is 0 Å². The summed E-state index contributed by atoms with van der Waals surface area (Å²) >= 11 is 1.83. The number of amides is 1. The Balaban J connectivity index is 1.86. The number of thioether (sulfide) groups is 1. The third-order valence-electron chi connectivity index (χ3n) is 3.85. The molecular weight excluding hydrogens is 322 g/mol. The lowest BCUT2D eigenvalue weighted by molar-refractivity contribution is 0.102. The van der Waals surface area contributed by atoms with Crippen molar-refractivity contribution in [2.45, 2.75) is 44.7 Å². The zero-order chi connectivity index (χ0) is 17.3. The van der Waals surface area contributed by atoms with Gasteiger partial charge in [-0.2, -0.15) is 16.9 Å². The van der Waals surface area contributed by atoms with Gasteiger partial charge in [-0.25, -0.2) is 4.68 Å². The lowest BCUT2D eigenvalue weighted by atomic mass is 10.1. The molecule has 2 aromatic rings. The van der Waals surface area contributed by atoms with E-state index in [9.17, 15) is 4.79 Å². The summed E-state index contributed by atoms with van der Waals surface area (Å²) in [4.78, 5) is 12.7. The summed E-state index contributed by atoms with van der Waals surface area (Å²) in [6.07, 6.45) is 0. The highest BCUT2D eigenvalue weighted by atomic mass is 32.2. The minimum atomic E-state index is -0.184. The molecule has 1 aromatic heterocycles. The van der Waals surface area contributed by atoms with E-state index in [4.69, 9.17) is 9.84 Å². The molecule has 0 aliphatic carbocycles. The molecular formula is C18H23N3O2S. The van der Waals surface area contributed by atoms with Crippen molar-refractivity contribution < 1.29 is 9.53 Å². The summed E-state index contributed by atoms with van der Waals surface area (Å²) in [6, 6.07) is 7.21. The Morgan fingerprint density at radius 2 is 2.00 bits per heavy atom. The number of aromatic nitrogens is 2. The Kier molecular flexibility index (Phi) is 4.58. The van der Waals surface area contributed by atoms with Crippen LogP contribution < -0.4 is 10.1 Å². The number of hydrogen-bond donors (Lipinski definition) is 1. The van der Waals surface area contributed by atoms with Crippen molar-refractivity contribution in [3.8, 4) is 5.75 Å². The lowest BCUT2D eigenvalue weighted by Gasteiger charge is -2.23. The molecule has 1 amide bonds. The van der Waals surface area contributed by atoms with E-state index in [1.54, 1.807) is 12.1 Å². The summed E-state index contributed by atoms with van der Waals surface area (Å²) < 4.78 is 7.36. The highest BCUT2D eigenvalue weighted by Crippen LogP contribution is 2.37. The van der Waals surface area contributed by atoms with Crippen LogP contribution in [0.25, 0.3) is 0 Å². The number of hydrogen-bond acceptors (Lipinski definition) is 4. The van der Waals surface area contributed by atoms with E-state index in [1.165, 1.54) is 0 Å². The molecule has 0 radical (unpaired) electrons. The van der Waals surface area contributed by atoms with E-state index in [-0.39, 0.29) is 11.4 Å². The van der Waals surface area contributed by atoms with Crippen LogP contribution in [0.3, 0.4) is 0 Å². The average Bonchev–Trinajstić information content (AvgIpc) is 3.10. The first-order valence-electron chi connectivity index (χ1n) is 8.13. The molecule has 0 fully saturated rings. The number of benzene rings is 1. The van der Waals surface area contributed by atoms with Crippen molar-refractivity contribution in [2.24, 2.45) is 0 Å². The summed E-state index contributed by atoms with van der Waals surface area (Å²) in [5.41, 5.74) is 2.65. The predicted molar refractivity (Wildman–Crippen MR) is 97.8 cm³/mol. The maximum absolute atomic E-state index is 12.7. The van der Waals surface area contributed by atoms with Gasteiger partial charge in [0.1, 0.15) is 11.6 Å². The van der Waals surface area contributed by atoms with Crippen molar-refractivity contribution in [1.29, 1.82) is 0 Å². The second-order valence-corrected chi connectivity index (χ2v) is 7.75. The summed E-state index contributed by atoms with van der Waals surface area (Å²) in [7, 11) is 0. The number of nitrogens with zero attached hydrogens (tertiary/aromatic N) is 2. The average molecular weight is 345 g/mol. The van der Waals surface area contributed by atoms with Crippen LogP contribution >= 0.6 is 11.8 Å². The van der Waals surface area contributed by atoms with Crippen molar-refractivity contribution in [2.75, 3.05) is 11.9 Å². The zero-order valence-corrected chi connectivity index (χ0v) is 15.4. The first kappa shape index (κ1) is 16.9. The fraction of sp³-hybridized carbons (Fsp3) is 0.444. The van der Waals surface area contributed by atoms with Crippen molar-refractivity contribution in [1.82, 2.24) is 9.78 Å². The fourth-order valence-corrected chi connectivity index (χ4v) is 3.71. The third kappa shape index (κ3) is 3.29. The highest BCUT2D eigenvalue weighted by Gasteiger charge is 2.28. The Morgan fingerprint density at radius 1 is 1.29 bits per heavy atom. The van der Waals surface area contributed by atoms with Gasteiger partial charge in [0.2, 0.25) is 0 Å². The molecule has 0 saturated carbocycles. The third-order valence-corrected chi connectivity index (χ3v) is 4.82. The van der Waals surface area contributed by atoms with Crippen molar-refractivity contribution >= 4 is 23.5 Å². The van der Waals surface area contributed by atoms with Crippen molar-refractivity contribution in [3.63, 3.8) is 0 Å². The molecule has 0 bridgehead atoms. The number of ether oxygens (including phenoxy) is 1. The number of carbonyl (C=O) groups is 1. The standard InChI is InChI=1S/C18H23N3O2S/c1-5-23-13-8-6-12(7-9-13)17(22)19-16-14-10-24-11-15(14)20-21(16)18(2,3)4/h6-9H,5,10-11H2,1-4H3,(H,19,22). The Morgan fingerprint density at radius 3 is 2.62 bits per heavy atom. The molecule has 0 saturated heterocycles. The molecule has 6 heteroatoms. The summed E-state index contributed by atoms with van der Waals surface area (Å²) in [5.74, 6) is 3.27. The Hall–Kier alpha value is -1.95. The fourth-order valence-electron chi connectivity index (χ4n) is 2.68. The molecule has 0 unspecified atom stereocenters. The SMILES string of the molecule is CCOc1ccc(C(=O)Nc2c3c(nn2C(C)(C)C)CSC3)cc1. The minimum absolute atomic E-state index is 0.122. The quantitative estimate of drug-likeness (QED) is 0.909. The molecule has 1 N–H and O–H groups in total.